The fourth-order valence-corrected chi connectivity index (χ4v) is 1.15. The second kappa shape index (κ2) is 4.87. The van der Waals surface area contributed by atoms with Gasteiger partial charge in [-0.15, -0.1) is 0 Å². The van der Waals surface area contributed by atoms with E-state index in [2.05, 4.69) is 4.99 Å². The van der Waals surface area contributed by atoms with Gasteiger partial charge in [-0.25, -0.2) is 4.99 Å². The molecule has 1 aromatic carbocycles. The minimum absolute atomic E-state index is 0.0945. The quantitative estimate of drug-likeness (QED) is 0.678. The molecule has 0 aliphatic heterocycles. The Morgan fingerprint density at radius 3 is 2.31 bits per heavy atom. The van der Waals surface area contributed by atoms with Crippen molar-refractivity contribution in [2.45, 2.75) is 20.0 Å². The molecule has 1 nitrogen and oxygen atoms in total. The standard InChI is InChI=1S/C11H11ClF3N/c1-7(2)10(12)16-9-6-4-3-5-8(9)11(13,14)15/h3-7H,1-2H3/b16-10+. The molecular weight excluding hydrogens is 239 g/mol. The van der Waals surface area contributed by atoms with Crippen molar-refractivity contribution < 1.29 is 13.2 Å². The summed E-state index contributed by atoms with van der Waals surface area (Å²) < 4.78 is 37.8. The van der Waals surface area contributed by atoms with Crippen LogP contribution in [0.5, 0.6) is 0 Å². The summed E-state index contributed by atoms with van der Waals surface area (Å²) in [5.41, 5.74) is -0.914. The van der Waals surface area contributed by atoms with Crippen molar-refractivity contribution in [3.8, 4) is 0 Å². The Hall–Kier alpha value is -1.03. The summed E-state index contributed by atoms with van der Waals surface area (Å²) in [7, 11) is 0. The van der Waals surface area contributed by atoms with Gasteiger partial charge in [0.05, 0.1) is 11.3 Å². The zero-order valence-electron chi connectivity index (χ0n) is 8.85. The molecule has 0 atom stereocenters. The zero-order valence-corrected chi connectivity index (χ0v) is 9.60. The third kappa shape index (κ3) is 3.23. The number of aliphatic imine (C=N–C) groups is 1. The summed E-state index contributed by atoms with van der Waals surface area (Å²) in [5, 5.41) is 0.164. The highest BCUT2D eigenvalue weighted by Crippen LogP contribution is 2.36. The van der Waals surface area contributed by atoms with Gasteiger partial charge in [0, 0.05) is 5.92 Å². The van der Waals surface area contributed by atoms with E-state index in [4.69, 9.17) is 11.6 Å². The summed E-state index contributed by atoms with van der Waals surface area (Å²) in [6.07, 6.45) is -4.41. The minimum atomic E-state index is -4.41. The Kier molecular flexibility index (Phi) is 3.97. The lowest BCUT2D eigenvalue weighted by Crippen LogP contribution is -2.06. The third-order valence-electron chi connectivity index (χ3n) is 1.91. The minimum Gasteiger partial charge on any atom is -0.240 e. The average molecular weight is 250 g/mol. The number of hydrogen-bond acceptors (Lipinski definition) is 1. The summed E-state index contributed by atoms with van der Waals surface area (Å²) in [4.78, 5) is 3.79. The molecule has 0 bridgehead atoms. The van der Waals surface area contributed by atoms with E-state index in [1.54, 1.807) is 13.8 Å². The highest BCUT2D eigenvalue weighted by molar-refractivity contribution is 6.66. The van der Waals surface area contributed by atoms with E-state index in [0.717, 1.165) is 6.07 Å². The van der Waals surface area contributed by atoms with E-state index in [1.807, 2.05) is 0 Å². The van der Waals surface area contributed by atoms with Crippen molar-refractivity contribution in [3.05, 3.63) is 29.8 Å². The summed E-state index contributed by atoms with van der Waals surface area (Å²) in [6, 6.07) is 5.11. The lowest BCUT2D eigenvalue weighted by Gasteiger charge is -2.10. The van der Waals surface area contributed by atoms with Crippen molar-refractivity contribution >= 4 is 22.5 Å². The molecule has 0 aliphatic carbocycles. The van der Waals surface area contributed by atoms with E-state index in [1.165, 1.54) is 18.2 Å². The molecule has 0 aromatic heterocycles. The van der Waals surface area contributed by atoms with Crippen LogP contribution in [-0.2, 0) is 6.18 Å². The van der Waals surface area contributed by atoms with Crippen LogP contribution in [0, 0.1) is 5.92 Å². The first kappa shape index (κ1) is 13.0. The topological polar surface area (TPSA) is 12.4 Å². The fourth-order valence-electron chi connectivity index (χ4n) is 1.06. The van der Waals surface area contributed by atoms with Gasteiger partial charge in [0.25, 0.3) is 0 Å². The Morgan fingerprint density at radius 1 is 1.25 bits per heavy atom. The van der Waals surface area contributed by atoms with Crippen molar-refractivity contribution in [3.63, 3.8) is 0 Å². The molecule has 0 saturated carbocycles. The Balaban J connectivity index is 3.20. The van der Waals surface area contributed by atoms with Gasteiger partial charge < -0.3 is 0 Å². The molecule has 88 valence electrons. The van der Waals surface area contributed by atoms with Gasteiger partial charge in [0.2, 0.25) is 0 Å². The second-order valence-electron chi connectivity index (χ2n) is 3.60. The van der Waals surface area contributed by atoms with Crippen LogP contribution >= 0.6 is 11.6 Å². The maximum Gasteiger partial charge on any atom is 0.418 e. The monoisotopic (exact) mass is 249 g/mol. The molecule has 0 aliphatic rings. The SMILES string of the molecule is CC(C)/C(Cl)=N\c1ccccc1C(F)(F)F. The second-order valence-corrected chi connectivity index (χ2v) is 3.99. The van der Waals surface area contributed by atoms with E-state index in [0.29, 0.717) is 0 Å². The number of para-hydroxylation sites is 1. The highest BCUT2D eigenvalue weighted by Gasteiger charge is 2.33. The Morgan fingerprint density at radius 2 is 1.81 bits per heavy atom. The molecule has 0 amide bonds. The molecule has 5 heteroatoms. The largest absolute Gasteiger partial charge is 0.418 e. The zero-order chi connectivity index (χ0) is 12.3. The molecule has 1 rings (SSSR count). The smallest absolute Gasteiger partial charge is 0.240 e. The van der Waals surface area contributed by atoms with Crippen LogP contribution < -0.4 is 0 Å². The molecule has 0 saturated heterocycles. The van der Waals surface area contributed by atoms with Crippen LogP contribution in [0.2, 0.25) is 0 Å². The lowest BCUT2D eigenvalue weighted by molar-refractivity contribution is -0.137. The molecule has 16 heavy (non-hydrogen) atoms. The number of halogens is 4. The number of alkyl halides is 3. The van der Waals surface area contributed by atoms with Gasteiger partial charge in [0.1, 0.15) is 5.17 Å². The van der Waals surface area contributed by atoms with E-state index in [9.17, 15) is 13.2 Å². The van der Waals surface area contributed by atoms with Crippen LogP contribution in [0.3, 0.4) is 0 Å². The molecule has 0 unspecified atom stereocenters. The van der Waals surface area contributed by atoms with E-state index < -0.39 is 11.7 Å². The van der Waals surface area contributed by atoms with E-state index in [-0.39, 0.29) is 16.8 Å². The first-order valence-electron chi connectivity index (χ1n) is 4.72. The lowest BCUT2D eigenvalue weighted by atomic mass is 10.1. The molecular formula is C11H11ClF3N. The van der Waals surface area contributed by atoms with Crippen molar-refractivity contribution in [2.75, 3.05) is 0 Å². The van der Waals surface area contributed by atoms with Crippen LogP contribution in [-0.4, -0.2) is 5.17 Å². The van der Waals surface area contributed by atoms with Gasteiger partial charge >= 0.3 is 6.18 Å². The average Bonchev–Trinajstić information content (AvgIpc) is 2.16. The van der Waals surface area contributed by atoms with E-state index >= 15 is 0 Å². The summed E-state index contributed by atoms with van der Waals surface area (Å²) in [5.74, 6) is -0.0945. The first-order valence-corrected chi connectivity index (χ1v) is 5.10. The first-order chi connectivity index (χ1) is 7.32. The number of hydrogen-bond donors (Lipinski definition) is 0. The summed E-state index contributed by atoms with van der Waals surface area (Å²) in [6.45, 7) is 3.53. The maximum atomic E-state index is 12.6. The summed E-state index contributed by atoms with van der Waals surface area (Å²) >= 11 is 5.75. The van der Waals surface area contributed by atoms with Crippen LogP contribution in [0.15, 0.2) is 29.3 Å². The molecule has 1 aromatic rings. The van der Waals surface area contributed by atoms with Gasteiger partial charge in [-0.05, 0) is 12.1 Å². The van der Waals surface area contributed by atoms with Crippen LogP contribution in [0.4, 0.5) is 18.9 Å². The van der Waals surface area contributed by atoms with Gasteiger partial charge in [-0.1, -0.05) is 37.6 Å². The van der Waals surface area contributed by atoms with Crippen LogP contribution in [0.25, 0.3) is 0 Å². The van der Waals surface area contributed by atoms with Crippen molar-refractivity contribution in [2.24, 2.45) is 10.9 Å². The van der Waals surface area contributed by atoms with Crippen molar-refractivity contribution in [1.82, 2.24) is 0 Å². The number of benzene rings is 1. The van der Waals surface area contributed by atoms with Gasteiger partial charge in [-0.2, -0.15) is 13.2 Å². The normalized spacial score (nSPS) is 13.3. The fraction of sp³-hybridized carbons (Fsp3) is 0.364. The predicted molar refractivity (Wildman–Crippen MR) is 59.2 cm³/mol. The Labute approximate surface area is 97.0 Å². The van der Waals surface area contributed by atoms with Gasteiger partial charge in [-0.3, -0.25) is 0 Å². The van der Waals surface area contributed by atoms with Crippen molar-refractivity contribution in [1.29, 1.82) is 0 Å². The maximum absolute atomic E-state index is 12.6. The van der Waals surface area contributed by atoms with Crippen LogP contribution in [0.1, 0.15) is 19.4 Å². The van der Waals surface area contributed by atoms with Gasteiger partial charge in [0.15, 0.2) is 0 Å². The highest BCUT2D eigenvalue weighted by atomic mass is 35.5. The Bertz CT molecular complexity index is 396. The predicted octanol–water partition coefficient (Wildman–Crippen LogP) is 4.63. The molecule has 0 spiro atoms. The third-order valence-corrected chi connectivity index (χ3v) is 2.43. The molecule has 0 radical (unpaired) electrons. The number of rotatable bonds is 2. The molecule has 0 heterocycles. The molecule has 0 fully saturated rings. The number of nitrogens with zero attached hydrogens (tertiary/aromatic N) is 1. The molecule has 0 N–H and O–H groups in total.